The van der Waals surface area contributed by atoms with Crippen LogP contribution < -0.4 is 10.2 Å². The highest BCUT2D eigenvalue weighted by Gasteiger charge is 2.11. The number of amides is 1. The van der Waals surface area contributed by atoms with Crippen LogP contribution in [0.25, 0.3) is 11.1 Å². The third-order valence-corrected chi connectivity index (χ3v) is 3.86. The minimum absolute atomic E-state index is 0.0893. The molecular weight excluding hydrogens is 358 g/mol. The lowest BCUT2D eigenvalue weighted by Crippen LogP contribution is -2.24. The molecule has 0 saturated carbocycles. The van der Waals surface area contributed by atoms with Gasteiger partial charge < -0.3 is 4.74 Å². The van der Waals surface area contributed by atoms with Crippen molar-refractivity contribution in [1.29, 1.82) is 0 Å². The van der Waals surface area contributed by atoms with Gasteiger partial charge in [0.25, 0.3) is 11.6 Å². The lowest BCUT2D eigenvalue weighted by atomic mass is 10.1. The quantitative estimate of drug-likeness (QED) is 0.386. The number of carbonyl (C=O) groups is 1. The van der Waals surface area contributed by atoms with E-state index in [2.05, 4.69) is 10.5 Å². The summed E-state index contributed by atoms with van der Waals surface area (Å²) in [5, 5.41) is 14.7. The van der Waals surface area contributed by atoms with Gasteiger partial charge in [0.05, 0.1) is 16.7 Å². The average Bonchev–Trinajstić information content (AvgIpc) is 2.73. The molecule has 3 aromatic rings. The molecule has 0 aromatic heterocycles. The van der Waals surface area contributed by atoms with Crippen molar-refractivity contribution in [2.45, 2.75) is 0 Å². The second-order valence-electron chi connectivity index (χ2n) is 5.76. The standard InChI is InChI=1S/C21H17N3O4/c25-21(23-22-14-17-10-4-6-12-19(17)24(26)27)15-28-20-13-7-5-11-18(20)16-8-2-1-3-9-16/h1-14H,15H2,(H,23,25). The molecule has 1 amide bonds. The van der Waals surface area contributed by atoms with Crippen molar-refractivity contribution in [2.75, 3.05) is 6.61 Å². The van der Waals surface area contributed by atoms with Crippen molar-refractivity contribution in [3.8, 4) is 16.9 Å². The fourth-order valence-corrected chi connectivity index (χ4v) is 2.56. The van der Waals surface area contributed by atoms with Crippen LogP contribution in [0.3, 0.4) is 0 Å². The van der Waals surface area contributed by atoms with Gasteiger partial charge in [-0.1, -0.05) is 60.7 Å². The van der Waals surface area contributed by atoms with Crippen molar-refractivity contribution >= 4 is 17.8 Å². The summed E-state index contributed by atoms with van der Waals surface area (Å²) in [6, 6.07) is 23.2. The first kappa shape index (κ1) is 18.8. The Morgan fingerprint density at radius 1 is 1.00 bits per heavy atom. The van der Waals surface area contributed by atoms with Crippen LogP contribution >= 0.6 is 0 Å². The summed E-state index contributed by atoms with van der Waals surface area (Å²) >= 11 is 0. The number of benzene rings is 3. The Kier molecular flexibility index (Phi) is 6.10. The molecule has 7 heteroatoms. The molecule has 140 valence electrons. The van der Waals surface area contributed by atoms with E-state index < -0.39 is 10.8 Å². The van der Waals surface area contributed by atoms with E-state index in [0.29, 0.717) is 11.3 Å². The Morgan fingerprint density at radius 3 is 2.46 bits per heavy atom. The van der Waals surface area contributed by atoms with Gasteiger partial charge in [0.2, 0.25) is 0 Å². The molecule has 3 rings (SSSR count). The van der Waals surface area contributed by atoms with Gasteiger partial charge >= 0.3 is 0 Å². The van der Waals surface area contributed by atoms with Crippen molar-refractivity contribution in [3.05, 3.63) is 94.5 Å². The summed E-state index contributed by atoms with van der Waals surface area (Å²) in [5.41, 5.74) is 4.37. The molecular formula is C21H17N3O4. The van der Waals surface area contributed by atoms with Gasteiger partial charge in [0.1, 0.15) is 5.75 Å². The number of hydrazone groups is 1. The molecule has 3 aromatic carbocycles. The van der Waals surface area contributed by atoms with Crippen LogP contribution in [0.15, 0.2) is 84.0 Å². The molecule has 7 nitrogen and oxygen atoms in total. The maximum absolute atomic E-state index is 12.0. The number of para-hydroxylation sites is 2. The van der Waals surface area contributed by atoms with Gasteiger partial charge in [-0.15, -0.1) is 0 Å². The largest absolute Gasteiger partial charge is 0.483 e. The highest BCUT2D eigenvalue weighted by Crippen LogP contribution is 2.29. The second kappa shape index (κ2) is 9.09. The summed E-state index contributed by atoms with van der Waals surface area (Å²) in [5.74, 6) is 0.101. The molecule has 1 N–H and O–H groups in total. The van der Waals surface area contributed by atoms with Crippen LogP contribution in [0.5, 0.6) is 5.75 Å². The molecule has 0 fully saturated rings. The molecule has 0 heterocycles. The van der Waals surface area contributed by atoms with E-state index in [-0.39, 0.29) is 12.3 Å². The Bertz CT molecular complexity index is 1000. The van der Waals surface area contributed by atoms with Gasteiger partial charge in [0.15, 0.2) is 6.61 Å². The highest BCUT2D eigenvalue weighted by atomic mass is 16.6. The first-order valence-corrected chi connectivity index (χ1v) is 8.48. The van der Waals surface area contributed by atoms with Crippen molar-refractivity contribution in [1.82, 2.24) is 5.43 Å². The first-order valence-electron chi connectivity index (χ1n) is 8.48. The van der Waals surface area contributed by atoms with Crippen LogP contribution in [-0.2, 0) is 4.79 Å². The number of ether oxygens (including phenoxy) is 1. The molecule has 28 heavy (non-hydrogen) atoms. The number of nitro groups is 1. The van der Waals surface area contributed by atoms with Gasteiger partial charge in [-0.3, -0.25) is 14.9 Å². The third-order valence-electron chi connectivity index (χ3n) is 3.86. The summed E-state index contributed by atoms with van der Waals surface area (Å²) in [6.07, 6.45) is 1.23. The van der Waals surface area contributed by atoms with Gasteiger partial charge in [0, 0.05) is 11.6 Å². The smallest absolute Gasteiger partial charge is 0.278 e. The molecule has 0 aliphatic carbocycles. The number of nitrogens with zero attached hydrogens (tertiary/aromatic N) is 2. The van der Waals surface area contributed by atoms with E-state index in [0.717, 1.165) is 11.1 Å². The van der Waals surface area contributed by atoms with E-state index in [1.54, 1.807) is 24.3 Å². The number of hydrogen-bond donors (Lipinski definition) is 1. The summed E-state index contributed by atoms with van der Waals surface area (Å²) < 4.78 is 5.62. The lowest BCUT2D eigenvalue weighted by Gasteiger charge is -2.10. The molecule has 0 spiro atoms. The fourth-order valence-electron chi connectivity index (χ4n) is 2.56. The lowest BCUT2D eigenvalue weighted by molar-refractivity contribution is -0.385. The molecule has 0 aliphatic heterocycles. The van der Waals surface area contributed by atoms with Crippen LogP contribution in [-0.4, -0.2) is 23.7 Å². The van der Waals surface area contributed by atoms with Crippen LogP contribution in [0.4, 0.5) is 5.69 Å². The molecule has 0 unspecified atom stereocenters. The van der Waals surface area contributed by atoms with Crippen LogP contribution in [0.1, 0.15) is 5.56 Å². The molecule has 0 atom stereocenters. The molecule has 0 radical (unpaired) electrons. The summed E-state index contributed by atoms with van der Waals surface area (Å²) in [6.45, 7) is -0.238. The van der Waals surface area contributed by atoms with E-state index in [4.69, 9.17) is 4.74 Å². The van der Waals surface area contributed by atoms with Crippen LogP contribution in [0.2, 0.25) is 0 Å². The normalized spacial score (nSPS) is 10.6. The Balaban J connectivity index is 1.61. The molecule has 0 saturated heterocycles. The Hall–Kier alpha value is -4.00. The van der Waals surface area contributed by atoms with Crippen molar-refractivity contribution in [3.63, 3.8) is 0 Å². The topological polar surface area (TPSA) is 93.8 Å². The predicted octanol–water partition coefficient (Wildman–Crippen LogP) is 3.79. The number of carbonyl (C=O) groups excluding carboxylic acids is 1. The molecule has 0 bridgehead atoms. The SMILES string of the molecule is O=C(COc1ccccc1-c1ccccc1)NN=Cc1ccccc1[N+](=O)[O-]. The van der Waals surface area contributed by atoms with Crippen LogP contribution in [0, 0.1) is 10.1 Å². The number of hydrogen-bond acceptors (Lipinski definition) is 5. The fraction of sp³-hybridized carbons (Fsp3) is 0.0476. The van der Waals surface area contributed by atoms with E-state index in [1.807, 2.05) is 48.5 Å². The first-order chi connectivity index (χ1) is 13.6. The predicted molar refractivity (Wildman–Crippen MR) is 106 cm³/mol. The zero-order chi connectivity index (χ0) is 19.8. The second-order valence-corrected chi connectivity index (χ2v) is 5.76. The summed E-state index contributed by atoms with van der Waals surface area (Å²) in [7, 11) is 0. The third kappa shape index (κ3) is 4.79. The van der Waals surface area contributed by atoms with E-state index >= 15 is 0 Å². The van der Waals surface area contributed by atoms with Gasteiger partial charge in [-0.25, -0.2) is 5.43 Å². The zero-order valence-electron chi connectivity index (χ0n) is 14.8. The Morgan fingerprint density at radius 2 is 1.68 bits per heavy atom. The van der Waals surface area contributed by atoms with Gasteiger partial charge in [-0.05, 0) is 17.7 Å². The van der Waals surface area contributed by atoms with E-state index in [9.17, 15) is 14.9 Å². The number of nitrogens with one attached hydrogen (secondary N) is 1. The van der Waals surface area contributed by atoms with Gasteiger partial charge in [-0.2, -0.15) is 5.10 Å². The number of nitro benzene ring substituents is 1. The summed E-state index contributed by atoms with van der Waals surface area (Å²) in [4.78, 5) is 22.4. The molecule has 0 aliphatic rings. The maximum atomic E-state index is 12.0. The van der Waals surface area contributed by atoms with Crippen molar-refractivity contribution < 1.29 is 14.5 Å². The Labute approximate surface area is 161 Å². The highest BCUT2D eigenvalue weighted by molar-refractivity contribution is 5.86. The number of rotatable bonds is 7. The van der Waals surface area contributed by atoms with E-state index in [1.165, 1.54) is 12.3 Å². The minimum Gasteiger partial charge on any atom is -0.483 e. The minimum atomic E-state index is -0.507. The maximum Gasteiger partial charge on any atom is 0.278 e. The average molecular weight is 375 g/mol. The van der Waals surface area contributed by atoms with Crippen molar-refractivity contribution in [2.24, 2.45) is 5.10 Å². The monoisotopic (exact) mass is 375 g/mol. The zero-order valence-corrected chi connectivity index (χ0v) is 14.8.